The zero-order valence-electron chi connectivity index (χ0n) is 15.1. The van der Waals surface area contributed by atoms with Crippen LogP contribution in [-0.4, -0.2) is 33.0 Å². The third kappa shape index (κ3) is 5.73. The van der Waals surface area contributed by atoms with E-state index >= 15 is 0 Å². The molecule has 0 saturated carbocycles. The first-order valence-electron chi connectivity index (χ1n) is 8.80. The molecular weight excluding hydrogens is 474 g/mol. The van der Waals surface area contributed by atoms with Gasteiger partial charge in [-0.25, -0.2) is 21.9 Å². The molecule has 2 aromatic rings. The molecule has 0 aliphatic carbocycles. The van der Waals surface area contributed by atoms with Crippen molar-refractivity contribution >= 4 is 38.4 Å². The largest absolute Gasteiger partial charge is 0.299 e. The standard InChI is InChI=1S/C19H21BrF2N2O2S.ClH/c20-17-11-16(21)12-18(22)19(17)27(25,26)23-8-3-4-9-24-10-7-14-5-1-2-6-15(14)13-24;/h1-2,5-6,11-12,23H,3-4,7-10,13H2;1H. The van der Waals surface area contributed by atoms with Crippen LogP contribution in [0.1, 0.15) is 24.0 Å². The van der Waals surface area contributed by atoms with Gasteiger partial charge in [-0.3, -0.25) is 4.90 Å². The van der Waals surface area contributed by atoms with Crippen molar-refractivity contribution in [3.8, 4) is 0 Å². The summed E-state index contributed by atoms with van der Waals surface area (Å²) in [7, 11) is -4.04. The van der Waals surface area contributed by atoms with Crippen molar-refractivity contribution in [2.45, 2.75) is 30.7 Å². The summed E-state index contributed by atoms with van der Waals surface area (Å²) in [5.41, 5.74) is 2.74. The maximum absolute atomic E-state index is 13.9. The van der Waals surface area contributed by atoms with E-state index in [0.29, 0.717) is 12.5 Å². The maximum Gasteiger partial charge on any atom is 0.244 e. The van der Waals surface area contributed by atoms with E-state index in [0.717, 1.165) is 38.5 Å². The Hall–Kier alpha value is -1.06. The van der Waals surface area contributed by atoms with Gasteiger partial charge < -0.3 is 0 Å². The molecule has 0 bridgehead atoms. The number of unbranched alkanes of at least 4 members (excludes halogenated alkanes) is 1. The van der Waals surface area contributed by atoms with Gasteiger partial charge in [-0.2, -0.15) is 0 Å². The summed E-state index contributed by atoms with van der Waals surface area (Å²) in [6.45, 7) is 2.99. The summed E-state index contributed by atoms with van der Waals surface area (Å²) >= 11 is 2.92. The van der Waals surface area contributed by atoms with Crippen LogP contribution in [0.4, 0.5) is 8.78 Å². The van der Waals surface area contributed by atoms with E-state index in [4.69, 9.17) is 0 Å². The second kappa shape index (κ2) is 10.1. The number of nitrogens with one attached hydrogen (secondary N) is 1. The molecule has 28 heavy (non-hydrogen) atoms. The highest BCUT2D eigenvalue weighted by atomic mass is 79.9. The van der Waals surface area contributed by atoms with Gasteiger partial charge in [0.1, 0.15) is 16.5 Å². The fourth-order valence-electron chi connectivity index (χ4n) is 3.27. The first-order chi connectivity index (χ1) is 12.9. The predicted molar refractivity (Wildman–Crippen MR) is 111 cm³/mol. The minimum atomic E-state index is -4.04. The van der Waals surface area contributed by atoms with Gasteiger partial charge in [-0.05, 0) is 58.9 Å². The SMILES string of the molecule is Cl.O=S(=O)(NCCCCN1CCc2ccccc2C1)c1c(F)cc(F)cc1Br. The molecule has 3 rings (SSSR count). The normalized spacial score (nSPS) is 14.4. The summed E-state index contributed by atoms with van der Waals surface area (Å²) in [6.07, 6.45) is 2.50. The van der Waals surface area contributed by atoms with Crippen molar-refractivity contribution in [1.82, 2.24) is 9.62 Å². The molecule has 1 heterocycles. The Morgan fingerprint density at radius 1 is 1.11 bits per heavy atom. The molecule has 0 amide bonds. The van der Waals surface area contributed by atoms with Crippen LogP contribution in [0.15, 0.2) is 45.8 Å². The Kier molecular flexibility index (Phi) is 8.39. The van der Waals surface area contributed by atoms with Gasteiger partial charge in [0.25, 0.3) is 0 Å². The van der Waals surface area contributed by atoms with E-state index < -0.39 is 26.6 Å². The summed E-state index contributed by atoms with van der Waals surface area (Å²) in [5.74, 6) is -1.94. The van der Waals surface area contributed by atoms with Crippen LogP contribution in [0.25, 0.3) is 0 Å². The van der Waals surface area contributed by atoms with Crippen LogP contribution >= 0.6 is 28.3 Å². The number of nitrogens with zero attached hydrogens (tertiary/aromatic N) is 1. The van der Waals surface area contributed by atoms with Crippen molar-refractivity contribution in [3.05, 3.63) is 63.6 Å². The Morgan fingerprint density at radius 2 is 1.82 bits per heavy atom. The minimum absolute atomic E-state index is 0. The Bertz CT molecular complexity index is 905. The number of fused-ring (bicyclic) bond motifs is 1. The molecule has 0 unspecified atom stereocenters. The molecule has 4 nitrogen and oxygen atoms in total. The quantitative estimate of drug-likeness (QED) is 0.584. The summed E-state index contributed by atoms with van der Waals surface area (Å²) in [4.78, 5) is 1.80. The van der Waals surface area contributed by atoms with Gasteiger partial charge in [0.2, 0.25) is 10.0 Å². The Balaban J connectivity index is 0.00000280. The van der Waals surface area contributed by atoms with Gasteiger partial charge in [0, 0.05) is 30.2 Å². The smallest absolute Gasteiger partial charge is 0.244 e. The van der Waals surface area contributed by atoms with E-state index in [1.54, 1.807) is 0 Å². The van der Waals surface area contributed by atoms with Crippen LogP contribution in [0.3, 0.4) is 0 Å². The summed E-state index contributed by atoms with van der Waals surface area (Å²) in [6, 6.07) is 9.91. The lowest BCUT2D eigenvalue weighted by Gasteiger charge is -2.28. The van der Waals surface area contributed by atoms with Crippen molar-refractivity contribution < 1.29 is 17.2 Å². The fourth-order valence-corrected chi connectivity index (χ4v) is 5.51. The van der Waals surface area contributed by atoms with Crippen molar-refractivity contribution in [2.75, 3.05) is 19.6 Å². The van der Waals surface area contributed by atoms with E-state index in [1.165, 1.54) is 11.1 Å². The molecule has 9 heteroatoms. The molecule has 0 saturated heterocycles. The molecule has 1 aliphatic heterocycles. The number of hydrogen-bond donors (Lipinski definition) is 1. The molecule has 1 aliphatic rings. The van der Waals surface area contributed by atoms with Crippen molar-refractivity contribution in [3.63, 3.8) is 0 Å². The zero-order valence-corrected chi connectivity index (χ0v) is 18.3. The maximum atomic E-state index is 13.9. The third-order valence-electron chi connectivity index (χ3n) is 4.63. The molecule has 0 fully saturated rings. The topological polar surface area (TPSA) is 49.4 Å². The minimum Gasteiger partial charge on any atom is -0.299 e. The molecule has 0 radical (unpaired) electrons. The highest BCUT2D eigenvalue weighted by molar-refractivity contribution is 9.10. The van der Waals surface area contributed by atoms with Gasteiger partial charge in [0.15, 0.2) is 0 Å². The first-order valence-corrected chi connectivity index (χ1v) is 11.1. The number of hydrogen-bond acceptors (Lipinski definition) is 3. The van der Waals surface area contributed by atoms with E-state index in [-0.39, 0.29) is 23.4 Å². The molecular formula is C19H22BrClF2N2O2S. The van der Waals surface area contributed by atoms with Crippen molar-refractivity contribution in [2.24, 2.45) is 0 Å². The fraction of sp³-hybridized carbons (Fsp3) is 0.368. The molecule has 0 aromatic heterocycles. The lowest BCUT2D eigenvalue weighted by Crippen LogP contribution is -2.32. The van der Waals surface area contributed by atoms with E-state index in [1.807, 2.05) is 6.07 Å². The Morgan fingerprint density at radius 3 is 2.54 bits per heavy atom. The van der Waals surface area contributed by atoms with E-state index in [2.05, 4.69) is 43.8 Å². The summed E-state index contributed by atoms with van der Waals surface area (Å²) in [5, 5.41) is 0. The highest BCUT2D eigenvalue weighted by Crippen LogP contribution is 2.26. The van der Waals surface area contributed by atoms with E-state index in [9.17, 15) is 17.2 Å². The Labute approximate surface area is 178 Å². The van der Waals surface area contributed by atoms with Gasteiger partial charge >= 0.3 is 0 Å². The van der Waals surface area contributed by atoms with Crippen LogP contribution in [-0.2, 0) is 23.0 Å². The lowest BCUT2D eigenvalue weighted by molar-refractivity contribution is 0.249. The monoisotopic (exact) mass is 494 g/mol. The average molecular weight is 496 g/mol. The van der Waals surface area contributed by atoms with Gasteiger partial charge in [-0.1, -0.05) is 24.3 Å². The van der Waals surface area contributed by atoms with Crippen LogP contribution in [0.2, 0.25) is 0 Å². The number of benzene rings is 2. The third-order valence-corrected chi connectivity index (χ3v) is 7.06. The second-order valence-electron chi connectivity index (χ2n) is 6.60. The van der Waals surface area contributed by atoms with Crippen LogP contribution in [0, 0.1) is 11.6 Å². The number of halogens is 4. The van der Waals surface area contributed by atoms with Gasteiger partial charge in [0.05, 0.1) is 0 Å². The molecule has 0 spiro atoms. The lowest BCUT2D eigenvalue weighted by atomic mass is 10.00. The van der Waals surface area contributed by atoms with Gasteiger partial charge in [-0.15, -0.1) is 12.4 Å². The van der Waals surface area contributed by atoms with Crippen LogP contribution < -0.4 is 4.72 Å². The predicted octanol–water partition coefficient (Wildman–Crippen LogP) is 4.27. The second-order valence-corrected chi connectivity index (χ2v) is 9.16. The van der Waals surface area contributed by atoms with Crippen LogP contribution in [0.5, 0.6) is 0 Å². The summed E-state index contributed by atoms with van der Waals surface area (Å²) < 4.78 is 53.8. The van der Waals surface area contributed by atoms with Crippen molar-refractivity contribution in [1.29, 1.82) is 0 Å². The molecule has 1 N–H and O–H groups in total. The first kappa shape index (κ1) is 23.2. The average Bonchev–Trinajstić information content (AvgIpc) is 2.60. The number of rotatable bonds is 7. The highest BCUT2D eigenvalue weighted by Gasteiger charge is 2.23. The number of sulfonamides is 1. The molecule has 154 valence electrons. The molecule has 0 atom stereocenters. The zero-order chi connectivity index (χ0) is 19.4. The molecule has 2 aromatic carbocycles.